The molecule has 0 amide bonds. The lowest BCUT2D eigenvalue weighted by Crippen LogP contribution is -1.90. The summed E-state index contributed by atoms with van der Waals surface area (Å²) < 4.78 is 9.97. The number of rotatable bonds is 3. The van der Waals surface area contributed by atoms with Crippen LogP contribution in [0.25, 0.3) is 0 Å². The topological polar surface area (TPSA) is 77.8 Å². The first kappa shape index (κ1) is 8.11. The van der Waals surface area contributed by atoms with Crippen molar-refractivity contribution in [3.05, 3.63) is 0 Å². The maximum atomic E-state index is 9.97. The average Bonchev–Trinajstić information content (AvgIpc) is 1.59. The van der Waals surface area contributed by atoms with E-state index in [-0.39, 0.29) is 19.2 Å². The Kier molecular flexibility index (Phi) is 3.24. The predicted octanol–water partition coefficient (Wildman–Crippen LogP) is -0.453. The molecule has 0 heterocycles. The molecule has 3 N–H and O–H groups in total. The van der Waals surface area contributed by atoms with Crippen LogP contribution in [0, 0.1) is 0 Å². The molecule has 0 aliphatic rings. The van der Waals surface area contributed by atoms with E-state index in [4.69, 9.17) is 14.9 Å². The molecule has 0 spiro atoms. The lowest BCUT2D eigenvalue weighted by molar-refractivity contribution is 0.289. The number of aliphatic hydroxyl groups is 1. The van der Waals surface area contributed by atoms with Crippen LogP contribution in [-0.4, -0.2) is 27.7 Å². The maximum absolute atomic E-state index is 9.97. The molecule has 0 aromatic carbocycles. The second-order valence-electron chi connectivity index (χ2n) is 1.47. The van der Waals surface area contributed by atoms with Gasteiger partial charge in [0.1, 0.15) is 0 Å². The van der Waals surface area contributed by atoms with E-state index >= 15 is 0 Å². The van der Waals surface area contributed by atoms with Gasteiger partial charge in [0.25, 0.3) is 0 Å². The Balaban J connectivity index is 3.26. The summed E-state index contributed by atoms with van der Waals surface area (Å²) in [6, 6.07) is 0. The molecule has 0 aromatic heterocycles. The van der Waals surface area contributed by atoms with Crippen LogP contribution < -0.4 is 0 Å². The van der Waals surface area contributed by atoms with Gasteiger partial charge in [0.05, 0.1) is 6.16 Å². The first-order valence-corrected chi connectivity index (χ1v) is 4.01. The predicted molar refractivity (Wildman–Crippen MR) is 28.6 cm³/mol. The fourth-order valence-electron chi connectivity index (χ4n) is 0.277. The normalized spacial score (nSPS) is 11.9. The van der Waals surface area contributed by atoms with Gasteiger partial charge in [-0.05, 0) is 6.42 Å². The van der Waals surface area contributed by atoms with Gasteiger partial charge in [-0.2, -0.15) is 0 Å². The zero-order valence-electron chi connectivity index (χ0n) is 4.32. The van der Waals surface area contributed by atoms with E-state index in [0.717, 1.165) is 0 Å². The van der Waals surface area contributed by atoms with E-state index in [1.54, 1.807) is 0 Å². The minimum atomic E-state index is -3.84. The molecule has 0 aromatic rings. The van der Waals surface area contributed by atoms with Gasteiger partial charge in [0.15, 0.2) is 0 Å². The minimum Gasteiger partial charge on any atom is -0.396 e. The lowest BCUT2D eigenvalue weighted by Gasteiger charge is -1.98. The minimum absolute atomic E-state index is 0.162. The summed E-state index contributed by atoms with van der Waals surface area (Å²) in [5.74, 6) is 0. The van der Waals surface area contributed by atoms with Crippen molar-refractivity contribution in [2.24, 2.45) is 0 Å². The molecule has 0 bridgehead atoms. The lowest BCUT2D eigenvalue weighted by atomic mass is 10.5. The van der Waals surface area contributed by atoms with Crippen LogP contribution in [0.5, 0.6) is 0 Å². The van der Waals surface area contributed by atoms with E-state index in [0.29, 0.717) is 0 Å². The largest absolute Gasteiger partial charge is 0.396 e. The van der Waals surface area contributed by atoms with Crippen molar-refractivity contribution in [3.8, 4) is 0 Å². The summed E-state index contributed by atoms with van der Waals surface area (Å²) in [5.41, 5.74) is 0. The third-order valence-corrected chi connectivity index (χ3v) is 1.51. The zero-order valence-corrected chi connectivity index (χ0v) is 5.21. The van der Waals surface area contributed by atoms with Crippen molar-refractivity contribution < 1.29 is 19.5 Å². The smallest absolute Gasteiger partial charge is 0.325 e. The van der Waals surface area contributed by atoms with Crippen LogP contribution in [0.15, 0.2) is 0 Å². The summed E-state index contributed by atoms with van der Waals surface area (Å²) in [6.07, 6.45) is -0.0478. The van der Waals surface area contributed by atoms with Gasteiger partial charge in [-0.25, -0.2) is 0 Å². The van der Waals surface area contributed by atoms with E-state index in [1.165, 1.54) is 0 Å². The SMILES string of the molecule is O=P(O)(O)CCCO. The molecule has 0 saturated carbocycles. The summed E-state index contributed by atoms with van der Waals surface area (Å²) in [6.45, 7) is -0.162. The Labute approximate surface area is 47.3 Å². The van der Waals surface area contributed by atoms with Crippen LogP contribution in [0.2, 0.25) is 0 Å². The Morgan fingerprint density at radius 3 is 2.00 bits per heavy atom. The van der Waals surface area contributed by atoms with Crippen molar-refractivity contribution in [1.82, 2.24) is 0 Å². The monoisotopic (exact) mass is 140 g/mol. The third kappa shape index (κ3) is 6.11. The first-order chi connectivity index (χ1) is 3.56. The molecule has 0 fully saturated rings. The quantitative estimate of drug-likeness (QED) is 0.464. The van der Waals surface area contributed by atoms with E-state index in [9.17, 15) is 4.57 Å². The molecule has 50 valence electrons. The number of hydrogen-bond acceptors (Lipinski definition) is 2. The third-order valence-electron chi connectivity index (χ3n) is 0.608. The molecular weight excluding hydrogens is 131 g/mol. The highest BCUT2D eigenvalue weighted by molar-refractivity contribution is 7.51. The van der Waals surface area contributed by atoms with Crippen LogP contribution >= 0.6 is 7.60 Å². The Bertz CT molecular complexity index is 95.5. The Morgan fingerprint density at radius 2 is 1.88 bits per heavy atom. The number of aliphatic hydroxyl groups excluding tert-OH is 1. The first-order valence-electron chi connectivity index (χ1n) is 2.22. The van der Waals surface area contributed by atoms with Crippen LogP contribution in [0.1, 0.15) is 6.42 Å². The van der Waals surface area contributed by atoms with Crippen LogP contribution in [0.4, 0.5) is 0 Å². The Hall–Kier alpha value is 0.110. The van der Waals surface area contributed by atoms with Crippen molar-refractivity contribution in [2.45, 2.75) is 6.42 Å². The second-order valence-corrected chi connectivity index (χ2v) is 3.24. The molecule has 0 atom stereocenters. The summed E-state index contributed by atoms with van der Waals surface area (Å²) in [7, 11) is -3.84. The fraction of sp³-hybridized carbons (Fsp3) is 1.00. The summed E-state index contributed by atoms with van der Waals surface area (Å²) in [5, 5.41) is 8.09. The van der Waals surface area contributed by atoms with Gasteiger partial charge in [-0.15, -0.1) is 0 Å². The highest BCUT2D eigenvalue weighted by atomic mass is 31.2. The highest BCUT2D eigenvalue weighted by Gasteiger charge is 2.10. The highest BCUT2D eigenvalue weighted by Crippen LogP contribution is 2.34. The molecule has 0 aliphatic carbocycles. The molecule has 8 heavy (non-hydrogen) atoms. The molecule has 0 saturated heterocycles. The van der Waals surface area contributed by atoms with Crippen molar-refractivity contribution in [3.63, 3.8) is 0 Å². The second kappa shape index (κ2) is 3.20. The molecule has 0 unspecified atom stereocenters. The van der Waals surface area contributed by atoms with Gasteiger partial charge >= 0.3 is 7.60 Å². The van der Waals surface area contributed by atoms with Crippen LogP contribution in [0.3, 0.4) is 0 Å². The average molecular weight is 140 g/mol. The molecule has 0 radical (unpaired) electrons. The molecule has 4 nitrogen and oxygen atoms in total. The van der Waals surface area contributed by atoms with Gasteiger partial charge in [0, 0.05) is 6.61 Å². The Morgan fingerprint density at radius 1 is 1.38 bits per heavy atom. The van der Waals surface area contributed by atoms with Gasteiger partial charge in [-0.1, -0.05) is 0 Å². The van der Waals surface area contributed by atoms with Crippen molar-refractivity contribution >= 4 is 7.60 Å². The van der Waals surface area contributed by atoms with E-state index in [2.05, 4.69) is 0 Å². The zero-order chi connectivity index (χ0) is 6.62. The van der Waals surface area contributed by atoms with Gasteiger partial charge in [0.2, 0.25) is 0 Å². The van der Waals surface area contributed by atoms with Gasteiger partial charge in [-0.3, -0.25) is 4.57 Å². The van der Waals surface area contributed by atoms with Crippen LogP contribution in [-0.2, 0) is 4.57 Å². The van der Waals surface area contributed by atoms with Gasteiger partial charge < -0.3 is 14.9 Å². The summed E-state index contributed by atoms with van der Waals surface area (Å²) >= 11 is 0. The van der Waals surface area contributed by atoms with Crippen molar-refractivity contribution in [2.75, 3.05) is 12.8 Å². The fourth-order valence-corrected chi connectivity index (χ4v) is 0.830. The standard InChI is InChI=1S/C3H9O4P/c4-2-1-3-8(5,6)7/h4H,1-3H2,(H2,5,6,7). The summed E-state index contributed by atoms with van der Waals surface area (Å²) in [4.78, 5) is 16.3. The molecule has 5 heteroatoms. The number of hydrogen-bond donors (Lipinski definition) is 3. The molecule has 0 rings (SSSR count). The molecular formula is C3H9O4P. The van der Waals surface area contributed by atoms with E-state index in [1.807, 2.05) is 0 Å². The van der Waals surface area contributed by atoms with E-state index < -0.39 is 7.60 Å². The molecule has 0 aliphatic heterocycles. The van der Waals surface area contributed by atoms with Crippen molar-refractivity contribution in [1.29, 1.82) is 0 Å². The maximum Gasteiger partial charge on any atom is 0.325 e.